The molecule has 0 saturated heterocycles. The molecule has 0 amide bonds. The lowest BCUT2D eigenvalue weighted by molar-refractivity contribution is 0.0600. The van der Waals surface area contributed by atoms with Crippen LogP contribution in [0.15, 0.2) is 47.4 Å². The van der Waals surface area contributed by atoms with E-state index < -0.39 is 16.0 Å². The van der Waals surface area contributed by atoms with Crippen LogP contribution in [0.1, 0.15) is 15.9 Å². The maximum Gasteiger partial charge on any atom is 0.337 e. The second-order valence-corrected chi connectivity index (χ2v) is 7.51. The predicted molar refractivity (Wildman–Crippen MR) is 96.0 cm³/mol. The van der Waals surface area contributed by atoms with Crippen LogP contribution in [0.25, 0.3) is 0 Å². The molecule has 8 heteroatoms. The summed E-state index contributed by atoms with van der Waals surface area (Å²) in [6.45, 7) is 0.151. The van der Waals surface area contributed by atoms with Crippen molar-refractivity contribution >= 4 is 16.0 Å². The summed E-state index contributed by atoms with van der Waals surface area (Å²) in [5.41, 5.74) is 1.14. The lowest BCUT2D eigenvalue weighted by Gasteiger charge is -2.18. The standard InChI is InChI=1S/C18H21NO6S/c1-19(12-13-5-7-14(8-6-13)18(20)25-4)26(21,22)15-9-10-16(23-2)17(11-15)24-3/h5-11H,12H2,1-4H3. The third-order valence-electron chi connectivity index (χ3n) is 3.84. The summed E-state index contributed by atoms with van der Waals surface area (Å²) in [5, 5.41) is 0. The zero-order valence-electron chi connectivity index (χ0n) is 15.1. The van der Waals surface area contributed by atoms with Crippen molar-refractivity contribution in [1.29, 1.82) is 0 Å². The Kier molecular flexibility index (Phi) is 6.23. The smallest absolute Gasteiger partial charge is 0.337 e. The third kappa shape index (κ3) is 4.14. The van der Waals surface area contributed by atoms with E-state index in [-0.39, 0.29) is 11.4 Å². The molecule has 2 aromatic rings. The third-order valence-corrected chi connectivity index (χ3v) is 5.64. The van der Waals surface area contributed by atoms with E-state index in [1.807, 2.05) is 0 Å². The van der Waals surface area contributed by atoms with E-state index >= 15 is 0 Å². The van der Waals surface area contributed by atoms with Crippen LogP contribution in [0.3, 0.4) is 0 Å². The highest BCUT2D eigenvalue weighted by Crippen LogP contribution is 2.30. The Morgan fingerprint density at radius 1 is 0.962 bits per heavy atom. The van der Waals surface area contributed by atoms with E-state index in [1.165, 1.54) is 44.8 Å². The summed E-state index contributed by atoms with van der Waals surface area (Å²) in [6, 6.07) is 11.0. The molecule has 0 fully saturated rings. The molecule has 0 spiro atoms. The first-order valence-corrected chi connectivity index (χ1v) is 9.13. The molecule has 7 nitrogen and oxygen atoms in total. The van der Waals surface area contributed by atoms with Crippen molar-refractivity contribution in [2.45, 2.75) is 11.4 Å². The molecular formula is C18H21NO6S. The topological polar surface area (TPSA) is 82.1 Å². The van der Waals surface area contributed by atoms with Crippen LogP contribution in [-0.2, 0) is 21.3 Å². The fourth-order valence-electron chi connectivity index (χ4n) is 2.36. The largest absolute Gasteiger partial charge is 0.493 e. The maximum absolute atomic E-state index is 12.8. The normalized spacial score (nSPS) is 11.3. The van der Waals surface area contributed by atoms with Crippen LogP contribution in [0, 0.1) is 0 Å². The van der Waals surface area contributed by atoms with E-state index in [1.54, 1.807) is 30.3 Å². The highest BCUT2D eigenvalue weighted by Gasteiger charge is 2.22. The number of carbonyl (C=O) groups is 1. The Balaban J connectivity index is 2.22. The fourth-order valence-corrected chi connectivity index (χ4v) is 3.54. The van der Waals surface area contributed by atoms with Gasteiger partial charge >= 0.3 is 5.97 Å². The lowest BCUT2D eigenvalue weighted by Crippen LogP contribution is -2.26. The van der Waals surface area contributed by atoms with Gasteiger partial charge in [-0.15, -0.1) is 0 Å². The predicted octanol–water partition coefficient (Wildman–Crippen LogP) is 2.31. The summed E-state index contributed by atoms with van der Waals surface area (Å²) in [6.07, 6.45) is 0. The number of carbonyl (C=O) groups excluding carboxylic acids is 1. The summed E-state index contributed by atoms with van der Waals surface area (Å²) < 4.78 is 41.7. The van der Waals surface area contributed by atoms with Crippen molar-refractivity contribution in [3.8, 4) is 11.5 Å². The van der Waals surface area contributed by atoms with Gasteiger partial charge < -0.3 is 14.2 Å². The zero-order valence-corrected chi connectivity index (χ0v) is 15.9. The number of sulfonamides is 1. The van der Waals surface area contributed by atoms with Gasteiger partial charge in [-0.05, 0) is 29.8 Å². The molecule has 0 radical (unpaired) electrons. The molecule has 0 aliphatic carbocycles. The Morgan fingerprint density at radius 3 is 2.12 bits per heavy atom. The first kappa shape index (κ1) is 19.7. The quantitative estimate of drug-likeness (QED) is 0.687. The van der Waals surface area contributed by atoms with Crippen LogP contribution >= 0.6 is 0 Å². The van der Waals surface area contributed by atoms with Gasteiger partial charge in [-0.2, -0.15) is 4.31 Å². The molecule has 0 N–H and O–H groups in total. The van der Waals surface area contributed by atoms with Crippen molar-refractivity contribution in [2.24, 2.45) is 0 Å². The van der Waals surface area contributed by atoms with E-state index in [4.69, 9.17) is 9.47 Å². The molecule has 2 rings (SSSR count). The van der Waals surface area contributed by atoms with Gasteiger partial charge in [0.2, 0.25) is 10.0 Å². The summed E-state index contributed by atoms with van der Waals surface area (Å²) in [5.74, 6) is 0.347. The molecule has 2 aromatic carbocycles. The van der Waals surface area contributed by atoms with Crippen molar-refractivity contribution in [2.75, 3.05) is 28.4 Å². The van der Waals surface area contributed by atoms with E-state index in [0.717, 1.165) is 5.56 Å². The summed E-state index contributed by atoms with van der Waals surface area (Å²) >= 11 is 0. The maximum atomic E-state index is 12.8. The molecule has 0 unspecified atom stereocenters. The number of benzene rings is 2. The first-order chi connectivity index (χ1) is 12.3. The number of nitrogens with zero attached hydrogens (tertiary/aromatic N) is 1. The Hall–Kier alpha value is -2.58. The van der Waals surface area contributed by atoms with Gasteiger partial charge in [0.05, 0.1) is 31.8 Å². The Labute approximate surface area is 153 Å². The number of methoxy groups -OCH3 is 3. The molecule has 0 bridgehead atoms. The minimum absolute atomic E-state index is 0.101. The lowest BCUT2D eigenvalue weighted by atomic mass is 10.1. The van der Waals surface area contributed by atoms with Crippen molar-refractivity contribution < 1.29 is 27.4 Å². The van der Waals surface area contributed by atoms with Gasteiger partial charge in [0, 0.05) is 19.7 Å². The van der Waals surface area contributed by atoms with Gasteiger partial charge in [0.15, 0.2) is 11.5 Å². The van der Waals surface area contributed by atoms with E-state index in [2.05, 4.69) is 4.74 Å². The molecule has 0 aliphatic heterocycles. The van der Waals surface area contributed by atoms with Crippen LogP contribution in [0.4, 0.5) is 0 Å². The van der Waals surface area contributed by atoms with Crippen LogP contribution in [0.2, 0.25) is 0 Å². The van der Waals surface area contributed by atoms with Crippen molar-refractivity contribution in [3.05, 3.63) is 53.6 Å². The molecule has 140 valence electrons. The van der Waals surface area contributed by atoms with Crippen molar-refractivity contribution in [1.82, 2.24) is 4.31 Å². The van der Waals surface area contributed by atoms with E-state index in [0.29, 0.717) is 17.1 Å². The molecular weight excluding hydrogens is 358 g/mol. The molecule has 0 aromatic heterocycles. The molecule has 0 heterocycles. The number of rotatable bonds is 7. The van der Waals surface area contributed by atoms with Crippen LogP contribution in [0.5, 0.6) is 11.5 Å². The average molecular weight is 379 g/mol. The molecule has 0 aliphatic rings. The summed E-state index contributed by atoms with van der Waals surface area (Å²) in [7, 11) is 2.00. The highest BCUT2D eigenvalue weighted by atomic mass is 32.2. The number of hydrogen-bond donors (Lipinski definition) is 0. The monoisotopic (exact) mass is 379 g/mol. The van der Waals surface area contributed by atoms with Crippen LogP contribution < -0.4 is 9.47 Å². The second kappa shape index (κ2) is 8.20. The number of hydrogen-bond acceptors (Lipinski definition) is 6. The van der Waals surface area contributed by atoms with Gasteiger partial charge in [-0.1, -0.05) is 12.1 Å². The van der Waals surface area contributed by atoms with Gasteiger partial charge in [-0.3, -0.25) is 0 Å². The van der Waals surface area contributed by atoms with Crippen LogP contribution in [-0.4, -0.2) is 47.1 Å². The number of esters is 1. The van der Waals surface area contributed by atoms with Gasteiger partial charge in [0.1, 0.15) is 0 Å². The van der Waals surface area contributed by atoms with Gasteiger partial charge in [0.25, 0.3) is 0 Å². The SMILES string of the molecule is COC(=O)c1ccc(CN(C)S(=O)(=O)c2ccc(OC)c(OC)c2)cc1. The first-order valence-electron chi connectivity index (χ1n) is 7.69. The average Bonchev–Trinajstić information content (AvgIpc) is 2.67. The molecule has 26 heavy (non-hydrogen) atoms. The van der Waals surface area contributed by atoms with Crippen molar-refractivity contribution in [3.63, 3.8) is 0 Å². The minimum atomic E-state index is -3.72. The Bertz CT molecular complexity index is 877. The fraction of sp³-hybridized carbons (Fsp3) is 0.278. The Morgan fingerprint density at radius 2 is 1.58 bits per heavy atom. The minimum Gasteiger partial charge on any atom is -0.493 e. The van der Waals surface area contributed by atoms with Gasteiger partial charge in [-0.25, -0.2) is 13.2 Å². The highest BCUT2D eigenvalue weighted by molar-refractivity contribution is 7.89. The van der Waals surface area contributed by atoms with E-state index in [9.17, 15) is 13.2 Å². The molecule has 0 atom stereocenters. The molecule has 0 saturated carbocycles. The zero-order chi connectivity index (χ0) is 19.3. The number of ether oxygens (including phenoxy) is 3. The summed E-state index contributed by atoms with van der Waals surface area (Å²) in [4.78, 5) is 11.6. The second-order valence-electron chi connectivity index (χ2n) is 5.47.